The van der Waals surface area contributed by atoms with Gasteiger partial charge in [0.05, 0.1) is 6.54 Å². The van der Waals surface area contributed by atoms with E-state index in [0.29, 0.717) is 13.1 Å². The molecule has 0 aliphatic carbocycles. The van der Waals surface area contributed by atoms with Crippen LogP contribution in [0.15, 0.2) is 0 Å². The van der Waals surface area contributed by atoms with Gasteiger partial charge in [-0.25, -0.2) is 0 Å². The van der Waals surface area contributed by atoms with E-state index >= 15 is 0 Å². The first-order chi connectivity index (χ1) is 8.42. The molecular formula is C13H27N3O2. The normalized spacial score (nSPS) is 12.3. The second-order valence-corrected chi connectivity index (χ2v) is 4.91. The van der Waals surface area contributed by atoms with Crippen molar-refractivity contribution in [3.8, 4) is 0 Å². The van der Waals surface area contributed by atoms with Crippen molar-refractivity contribution in [3.63, 3.8) is 0 Å². The van der Waals surface area contributed by atoms with E-state index in [1.54, 1.807) is 4.90 Å². The number of hydrogen-bond donors (Lipinski definition) is 2. The molecule has 1 unspecified atom stereocenters. The van der Waals surface area contributed by atoms with Crippen LogP contribution in [0.5, 0.6) is 0 Å². The molecule has 0 spiro atoms. The minimum Gasteiger partial charge on any atom is -0.352 e. The van der Waals surface area contributed by atoms with Crippen molar-refractivity contribution < 1.29 is 9.59 Å². The van der Waals surface area contributed by atoms with Crippen LogP contribution in [-0.4, -0.2) is 42.4 Å². The number of amides is 2. The summed E-state index contributed by atoms with van der Waals surface area (Å²) >= 11 is 0. The third-order valence-corrected chi connectivity index (χ3v) is 2.74. The Balaban J connectivity index is 4.30. The molecule has 18 heavy (non-hydrogen) atoms. The minimum absolute atomic E-state index is 0.0323. The Bertz CT molecular complexity index is 267. The minimum atomic E-state index is -0.105. The third kappa shape index (κ3) is 6.59. The molecule has 2 amide bonds. The van der Waals surface area contributed by atoms with Crippen LogP contribution in [-0.2, 0) is 9.59 Å². The Morgan fingerprint density at radius 1 is 1.28 bits per heavy atom. The number of likely N-dealkylation sites (N-methyl/N-ethyl adjacent to an activating group) is 1. The summed E-state index contributed by atoms with van der Waals surface area (Å²) in [5.74, 6) is -0.142. The first-order valence-corrected chi connectivity index (χ1v) is 6.70. The molecule has 5 nitrogen and oxygen atoms in total. The molecule has 0 saturated heterocycles. The van der Waals surface area contributed by atoms with Gasteiger partial charge in [-0.1, -0.05) is 6.92 Å². The highest BCUT2D eigenvalue weighted by atomic mass is 16.2. The lowest BCUT2D eigenvalue weighted by molar-refractivity contribution is -0.139. The van der Waals surface area contributed by atoms with Crippen LogP contribution in [0.1, 0.15) is 40.5 Å². The largest absolute Gasteiger partial charge is 0.352 e. The average Bonchev–Trinajstić information content (AvgIpc) is 2.31. The lowest BCUT2D eigenvalue weighted by Gasteiger charge is -2.24. The molecule has 106 valence electrons. The smallest absolute Gasteiger partial charge is 0.239 e. The van der Waals surface area contributed by atoms with Gasteiger partial charge in [-0.15, -0.1) is 0 Å². The molecule has 1 atom stereocenters. The Hall–Kier alpha value is -1.10. The van der Waals surface area contributed by atoms with Crippen LogP contribution in [0, 0.1) is 5.92 Å². The summed E-state index contributed by atoms with van der Waals surface area (Å²) in [4.78, 5) is 25.3. The molecule has 0 aliphatic heterocycles. The first kappa shape index (κ1) is 16.9. The topological polar surface area (TPSA) is 75.4 Å². The molecule has 5 heteroatoms. The van der Waals surface area contributed by atoms with Gasteiger partial charge < -0.3 is 16.0 Å². The molecule has 0 fully saturated rings. The fourth-order valence-corrected chi connectivity index (χ4v) is 1.75. The lowest BCUT2D eigenvalue weighted by Crippen LogP contribution is -2.44. The Labute approximate surface area is 110 Å². The van der Waals surface area contributed by atoms with E-state index in [2.05, 4.69) is 5.32 Å². The number of carbonyl (C=O) groups is 2. The number of nitrogens with one attached hydrogen (secondary N) is 1. The van der Waals surface area contributed by atoms with Crippen molar-refractivity contribution in [1.82, 2.24) is 10.2 Å². The second kappa shape index (κ2) is 8.91. The number of carbonyl (C=O) groups excluding carboxylic acids is 2. The van der Waals surface area contributed by atoms with Crippen molar-refractivity contribution in [3.05, 3.63) is 0 Å². The van der Waals surface area contributed by atoms with Gasteiger partial charge >= 0.3 is 0 Å². The van der Waals surface area contributed by atoms with Crippen LogP contribution in [0.4, 0.5) is 0 Å². The van der Waals surface area contributed by atoms with Gasteiger partial charge in [-0.2, -0.15) is 0 Å². The summed E-state index contributed by atoms with van der Waals surface area (Å²) in [7, 11) is 0. The van der Waals surface area contributed by atoms with Gasteiger partial charge in [-0.3, -0.25) is 9.59 Å². The second-order valence-electron chi connectivity index (χ2n) is 4.91. The quantitative estimate of drug-likeness (QED) is 0.673. The molecule has 0 bridgehead atoms. The predicted molar refractivity (Wildman–Crippen MR) is 73.0 cm³/mol. The lowest BCUT2D eigenvalue weighted by atomic mass is 10.0. The Morgan fingerprint density at radius 2 is 1.89 bits per heavy atom. The van der Waals surface area contributed by atoms with Gasteiger partial charge in [0.2, 0.25) is 11.8 Å². The standard InChI is InChI=1S/C13H27N3O2/c1-5-16(9-12(17)15-10(2)3)13(18)11(4)7-6-8-14/h10-11H,5-9,14H2,1-4H3,(H,15,17). The fraction of sp³-hybridized carbons (Fsp3) is 0.846. The van der Waals surface area contributed by atoms with E-state index in [4.69, 9.17) is 5.73 Å². The van der Waals surface area contributed by atoms with Crippen molar-refractivity contribution in [2.24, 2.45) is 11.7 Å². The molecule has 0 aromatic carbocycles. The molecule has 0 radical (unpaired) electrons. The maximum atomic E-state index is 12.1. The van der Waals surface area contributed by atoms with Crippen LogP contribution in [0.2, 0.25) is 0 Å². The molecular weight excluding hydrogens is 230 g/mol. The highest BCUT2D eigenvalue weighted by Gasteiger charge is 2.21. The maximum Gasteiger partial charge on any atom is 0.239 e. The first-order valence-electron chi connectivity index (χ1n) is 6.70. The molecule has 0 heterocycles. The van der Waals surface area contributed by atoms with E-state index in [1.165, 1.54) is 0 Å². The zero-order valence-corrected chi connectivity index (χ0v) is 12.0. The van der Waals surface area contributed by atoms with Crippen molar-refractivity contribution in [2.45, 2.75) is 46.6 Å². The molecule has 0 aromatic heterocycles. The Morgan fingerprint density at radius 3 is 2.33 bits per heavy atom. The van der Waals surface area contributed by atoms with Gasteiger partial charge in [0.1, 0.15) is 0 Å². The SMILES string of the molecule is CCN(CC(=O)NC(C)C)C(=O)C(C)CCCN. The number of rotatable bonds is 8. The monoisotopic (exact) mass is 257 g/mol. The van der Waals surface area contributed by atoms with E-state index < -0.39 is 0 Å². The summed E-state index contributed by atoms with van der Waals surface area (Å²) < 4.78 is 0. The average molecular weight is 257 g/mol. The molecule has 0 aliphatic rings. The number of hydrogen-bond acceptors (Lipinski definition) is 3. The maximum absolute atomic E-state index is 12.1. The van der Waals surface area contributed by atoms with Gasteiger partial charge in [0.25, 0.3) is 0 Å². The van der Waals surface area contributed by atoms with Crippen molar-refractivity contribution >= 4 is 11.8 Å². The van der Waals surface area contributed by atoms with Crippen LogP contribution in [0.25, 0.3) is 0 Å². The highest BCUT2D eigenvalue weighted by Crippen LogP contribution is 2.09. The molecule has 0 saturated carbocycles. The summed E-state index contributed by atoms with van der Waals surface area (Å²) in [5, 5.41) is 2.79. The van der Waals surface area contributed by atoms with Crippen molar-refractivity contribution in [2.75, 3.05) is 19.6 Å². The van der Waals surface area contributed by atoms with Gasteiger partial charge in [0.15, 0.2) is 0 Å². The Kier molecular flexibility index (Phi) is 8.37. The summed E-state index contributed by atoms with van der Waals surface area (Å²) in [6, 6.07) is 0.0981. The zero-order valence-electron chi connectivity index (χ0n) is 12.0. The third-order valence-electron chi connectivity index (χ3n) is 2.74. The van der Waals surface area contributed by atoms with Crippen LogP contribution < -0.4 is 11.1 Å². The summed E-state index contributed by atoms with van der Waals surface area (Å²) in [6.07, 6.45) is 1.61. The molecule has 3 N–H and O–H groups in total. The van der Waals surface area contributed by atoms with E-state index in [9.17, 15) is 9.59 Å². The van der Waals surface area contributed by atoms with Gasteiger partial charge in [-0.05, 0) is 40.2 Å². The zero-order chi connectivity index (χ0) is 14.1. The highest BCUT2D eigenvalue weighted by molar-refractivity contribution is 5.85. The number of nitrogens with two attached hydrogens (primary N) is 1. The fourth-order valence-electron chi connectivity index (χ4n) is 1.75. The van der Waals surface area contributed by atoms with E-state index in [1.807, 2.05) is 27.7 Å². The van der Waals surface area contributed by atoms with Crippen LogP contribution >= 0.6 is 0 Å². The summed E-state index contributed by atoms with van der Waals surface area (Å²) in [5.41, 5.74) is 5.43. The van der Waals surface area contributed by atoms with Crippen molar-refractivity contribution in [1.29, 1.82) is 0 Å². The number of nitrogens with zero attached hydrogens (tertiary/aromatic N) is 1. The predicted octanol–water partition coefficient (Wildman–Crippen LogP) is 0.735. The van der Waals surface area contributed by atoms with Crippen LogP contribution in [0.3, 0.4) is 0 Å². The van der Waals surface area contributed by atoms with E-state index in [0.717, 1.165) is 12.8 Å². The van der Waals surface area contributed by atoms with Gasteiger partial charge in [0, 0.05) is 18.5 Å². The van der Waals surface area contributed by atoms with E-state index in [-0.39, 0.29) is 30.3 Å². The summed E-state index contributed by atoms with van der Waals surface area (Å²) in [6.45, 7) is 8.87. The molecule has 0 rings (SSSR count). The molecule has 0 aromatic rings.